The Bertz CT molecular complexity index is 1330. The van der Waals surface area contributed by atoms with Crippen molar-refractivity contribution >= 4 is 53.1 Å². The van der Waals surface area contributed by atoms with E-state index in [2.05, 4.69) is 26.0 Å². The molecule has 0 spiro atoms. The number of hydrogen-bond donors (Lipinski definition) is 3. The standard InChI is InChI=1S/C20H20N8O7S2/c1-27-20(23-25-26-27)37-8-10-7-36-17-13(16(30)28(17)14(10)18(31)32)22-15(29)12(24-34-2)9-4-3-5-11(6-9)35-19(21)33/h3-6,13,17H,7-8H2,1-2H3,(H2,21,33)(H,22,29)(H,31,32)/t13?,17-/m0/s1. The summed E-state index contributed by atoms with van der Waals surface area (Å²) in [5.41, 5.74) is 5.50. The molecule has 3 heterocycles. The van der Waals surface area contributed by atoms with Crippen LogP contribution < -0.4 is 15.8 Å². The summed E-state index contributed by atoms with van der Waals surface area (Å²) in [7, 11) is 2.90. The molecule has 1 aromatic carbocycles. The molecule has 1 fully saturated rings. The summed E-state index contributed by atoms with van der Waals surface area (Å²) in [5.74, 6) is -1.89. The number of β-lactam (4-membered cyclic amide) rings is 1. The number of nitrogens with one attached hydrogen (secondary N) is 1. The third kappa shape index (κ3) is 5.36. The highest BCUT2D eigenvalue weighted by atomic mass is 32.2. The van der Waals surface area contributed by atoms with Crippen LogP contribution in [0, 0.1) is 0 Å². The molecule has 2 aromatic rings. The molecular formula is C20H20N8O7S2. The minimum Gasteiger partial charge on any atom is -0.477 e. The van der Waals surface area contributed by atoms with Gasteiger partial charge in [0, 0.05) is 24.1 Å². The number of aryl methyl sites for hydroxylation is 1. The van der Waals surface area contributed by atoms with Crippen LogP contribution in [-0.4, -0.2) is 89.8 Å². The van der Waals surface area contributed by atoms with E-state index in [1.807, 2.05) is 0 Å². The fourth-order valence-corrected chi connectivity index (χ4v) is 5.97. The van der Waals surface area contributed by atoms with Crippen molar-refractivity contribution in [3.63, 3.8) is 0 Å². The predicted octanol–water partition coefficient (Wildman–Crippen LogP) is -0.451. The minimum absolute atomic E-state index is 0.0778. The van der Waals surface area contributed by atoms with E-state index in [9.17, 15) is 24.3 Å². The SMILES string of the molecule is CON=C(C(=O)NC1C(=O)N2C(C(=O)O)=C(CSc3nnnn3C)CS[C@@H]12)c1cccc(OC(N)=O)c1. The second-order valence-electron chi connectivity index (χ2n) is 7.56. The van der Waals surface area contributed by atoms with Gasteiger partial charge in [-0.25, -0.2) is 14.3 Å². The number of primary amides is 1. The molecule has 4 rings (SSSR count). The molecular weight excluding hydrogens is 528 g/mol. The lowest BCUT2D eigenvalue weighted by molar-refractivity contribution is -0.150. The van der Waals surface area contributed by atoms with Crippen LogP contribution in [-0.2, 0) is 26.3 Å². The van der Waals surface area contributed by atoms with Gasteiger partial charge < -0.3 is 25.7 Å². The van der Waals surface area contributed by atoms with Crippen LogP contribution in [0.25, 0.3) is 0 Å². The number of carboxylic acids is 1. The van der Waals surface area contributed by atoms with Gasteiger partial charge in [-0.1, -0.05) is 29.1 Å². The fourth-order valence-electron chi connectivity index (χ4n) is 3.64. The molecule has 2 aliphatic heterocycles. The summed E-state index contributed by atoms with van der Waals surface area (Å²) >= 11 is 2.57. The summed E-state index contributed by atoms with van der Waals surface area (Å²) < 4.78 is 6.29. The summed E-state index contributed by atoms with van der Waals surface area (Å²) in [6.07, 6.45) is -1.03. The number of nitrogens with two attached hydrogens (primary N) is 1. The summed E-state index contributed by atoms with van der Waals surface area (Å²) in [6.45, 7) is 0. The number of rotatable bonds is 9. The number of oxime groups is 1. The summed E-state index contributed by atoms with van der Waals surface area (Å²) in [5, 5.41) is 27.2. The molecule has 1 unspecified atom stereocenters. The molecule has 0 radical (unpaired) electrons. The molecule has 15 nitrogen and oxygen atoms in total. The molecule has 37 heavy (non-hydrogen) atoms. The topological polar surface area (TPSA) is 204 Å². The lowest BCUT2D eigenvalue weighted by Gasteiger charge is -2.49. The molecule has 0 aliphatic carbocycles. The first-order valence-corrected chi connectivity index (χ1v) is 12.5. The van der Waals surface area contributed by atoms with Crippen molar-refractivity contribution in [1.29, 1.82) is 0 Å². The van der Waals surface area contributed by atoms with E-state index in [-0.39, 0.29) is 28.5 Å². The molecule has 4 N–H and O–H groups in total. The Labute approximate surface area is 217 Å². The Morgan fingerprint density at radius 3 is 2.81 bits per heavy atom. The third-order valence-corrected chi connectivity index (χ3v) is 7.65. The van der Waals surface area contributed by atoms with E-state index in [1.165, 1.54) is 64.5 Å². The Balaban J connectivity index is 1.50. The van der Waals surface area contributed by atoms with Gasteiger partial charge in [-0.3, -0.25) is 14.5 Å². The zero-order valence-corrected chi connectivity index (χ0v) is 21.0. The molecule has 194 valence electrons. The fraction of sp³-hybridized carbons (Fsp3) is 0.300. The van der Waals surface area contributed by atoms with Gasteiger partial charge in [0.1, 0.15) is 30.0 Å². The number of hydrogen-bond acceptors (Lipinski definition) is 12. The molecule has 0 saturated carbocycles. The van der Waals surface area contributed by atoms with E-state index < -0.39 is 35.3 Å². The average Bonchev–Trinajstić information content (AvgIpc) is 3.27. The second-order valence-corrected chi connectivity index (χ2v) is 9.61. The Hall–Kier alpha value is -4.12. The normalized spacial score (nSPS) is 19.1. The number of fused-ring (bicyclic) bond motifs is 1. The van der Waals surface area contributed by atoms with E-state index in [4.69, 9.17) is 15.3 Å². The van der Waals surface area contributed by atoms with Gasteiger partial charge in [0.15, 0.2) is 5.71 Å². The van der Waals surface area contributed by atoms with Crippen molar-refractivity contribution < 1.29 is 33.9 Å². The number of ether oxygens (including phenoxy) is 1. The van der Waals surface area contributed by atoms with Crippen molar-refractivity contribution in [3.05, 3.63) is 41.1 Å². The molecule has 1 saturated heterocycles. The maximum Gasteiger partial charge on any atom is 0.409 e. The van der Waals surface area contributed by atoms with Crippen molar-refractivity contribution in [2.75, 3.05) is 18.6 Å². The zero-order valence-electron chi connectivity index (χ0n) is 19.4. The van der Waals surface area contributed by atoms with Gasteiger partial charge in [-0.2, -0.15) is 0 Å². The Kier molecular flexibility index (Phi) is 7.63. The van der Waals surface area contributed by atoms with Gasteiger partial charge in [-0.15, -0.1) is 16.9 Å². The first kappa shape index (κ1) is 26.0. The maximum atomic E-state index is 13.0. The Morgan fingerprint density at radius 2 is 2.16 bits per heavy atom. The molecule has 17 heteroatoms. The van der Waals surface area contributed by atoms with Crippen molar-refractivity contribution in [3.8, 4) is 5.75 Å². The average molecular weight is 549 g/mol. The third-order valence-electron chi connectivity index (χ3n) is 5.22. The first-order valence-electron chi connectivity index (χ1n) is 10.5. The van der Waals surface area contributed by atoms with Crippen molar-refractivity contribution in [2.24, 2.45) is 17.9 Å². The van der Waals surface area contributed by atoms with Gasteiger partial charge in [-0.05, 0) is 28.1 Å². The maximum absolute atomic E-state index is 13.0. The van der Waals surface area contributed by atoms with Crippen LogP contribution in [0.4, 0.5) is 4.79 Å². The number of nitrogens with zero attached hydrogens (tertiary/aromatic N) is 6. The van der Waals surface area contributed by atoms with Crippen LogP contribution in [0.5, 0.6) is 5.75 Å². The van der Waals surface area contributed by atoms with Gasteiger partial charge >= 0.3 is 12.1 Å². The molecule has 3 amide bonds. The smallest absolute Gasteiger partial charge is 0.409 e. The molecule has 1 aromatic heterocycles. The van der Waals surface area contributed by atoms with E-state index in [0.29, 0.717) is 16.5 Å². The minimum atomic E-state index is -1.25. The van der Waals surface area contributed by atoms with Gasteiger partial charge in [0.2, 0.25) is 5.16 Å². The van der Waals surface area contributed by atoms with Crippen LogP contribution in [0.3, 0.4) is 0 Å². The number of carbonyl (C=O) groups is 4. The first-order chi connectivity index (χ1) is 17.7. The van der Waals surface area contributed by atoms with Crippen molar-refractivity contribution in [2.45, 2.75) is 16.6 Å². The largest absolute Gasteiger partial charge is 0.477 e. The number of aromatic nitrogens is 4. The van der Waals surface area contributed by atoms with Crippen molar-refractivity contribution in [1.82, 2.24) is 30.4 Å². The van der Waals surface area contributed by atoms with Gasteiger partial charge in [0.05, 0.1) is 0 Å². The highest BCUT2D eigenvalue weighted by Gasteiger charge is 2.54. The lowest BCUT2D eigenvalue weighted by Crippen LogP contribution is -2.71. The van der Waals surface area contributed by atoms with Crippen LogP contribution in [0.1, 0.15) is 5.56 Å². The zero-order chi connectivity index (χ0) is 26.7. The molecule has 0 bridgehead atoms. The molecule has 2 aliphatic rings. The quantitative estimate of drug-likeness (QED) is 0.158. The van der Waals surface area contributed by atoms with E-state index in [1.54, 1.807) is 7.05 Å². The van der Waals surface area contributed by atoms with Gasteiger partial charge in [0.25, 0.3) is 11.8 Å². The monoisotopic (exact) mass is 548 g/mol. The number of carbonyl (C=O) groups excluding carboxylic acids is 3. The number of aliphatic carboxylic acids is 1. The highest BCUT2D eigenvalue weighted by Crippen LogP contribution is 2.41. The number of carboxylic acid groups (broad SMARTS) is 1. The van der Waals surface area contributed by atoms with Crippen LogP contribution in [0.2, 0.25) is 0 Å². The summed E-state index contributed by atoms with van der Waals surface area (Å²) in [6, 6.07) is 4.86. The van der Waals surface area contributed by atoms with Crippen LogP contribution >= 0.6 is 23.5 Å². The highest BCUT2D eigenvalue weighted by molar-refractivity contribution is 8.01. The number of tetrazole rings is 1. The number of benzene rings is 1. The lowest BCUT2D eigenvalue weighted by atomic mass is 10.0. The van der Waals surface area contributed by atoms with E-state index in [0.717, 1.165) is 0 Å². The van der Waals surface area contributed by atoms with Crippen LogP contribution in [0.15, 0.2) is 45.8 Å². The van der Waals surface area contributed by atoms with E-state index >= 15 is 0 Å². The molecule has 2 atom stereocenters. The number of amides is 3. The second kappa shape index (κ2) is 10.9. The summed E-state index contributed by atoms with van der Waals surface area (Å²) in [4.78, 5) is 55.1. The number of thioether (sulfide) groups is 2. The predicted molar refractivity (Wildman–Crippen MR) is 129 cm³/mol. The Morgan fingerprint density at radius 1 is 1.38 bits per heavy atom.